The lowest BCUT2D eigenvalue weighted by Crippen LogP contribution is -2.11. The first-order valence-corrected chi connectivity index (χ1v) is 5.83. The molecule has 0 atom stereocenters. The van der Waals surface area contributed by atoms with Gasteiger partial charge in [0.15, 0.2) is 5.82 Å². The Kier molecular flexibility index (Phi) is 4.03. The molecule has 0 aliphatic carbocycles. The van der Waals surface area contributed by atoms with Gasteiger partial charge in [-0.05, 0) is 24.6 Å². The van der Waals surface area contributed by atoms with Gasteiger partial charge in [0.25, 0.3) is 5.88 Å². The first-order valence-electron chi connectivity index (χ1n) is 5.45. The molecule has 100 valence electrons. The monoisotopic (exact) mass is 280 g/mol. The maximum Gasteiger partial charge on any atom is 0.268 e. The summed E-state index contributed by atoms with van der Waals surface area (Å²) in [6, 6.07) is 5.44. The smallest absolute Gasteiger partial charge is 0.268 e. The molecule has 0 fully saturated rings. The molecular weight excluding hydrogens is 268 g/mol. The number of benzene rings is 1. The summed E-state index contributed by atoms with van der Waals surface area (Å²) < 4.78 is 10.8. The Morgan fingerprint density at radius 2 is 2.11 bits per heavy atom. The van der Waals surface area contributed by atoms with Crippen molar-refractivity contribution in [3.05, 3.63) is 35.1 Å². The van der Waals surface area contributed by atoms with Crippen LogP contribution in [0, 0.1) is 6.92 Å². The van der Waals surface area contributed by atoms with Crippen molar-refractivity contribution in [2.45, 2.75) is 6.92 Å². The number of nitrogen functional groups attached to an aromatic ring is 1. The third kappa shape index (κ3) is 2.86. The number of methoxy groups -OCH3 is 1. The number of ether oxygens (including phenoxy) is 2. The Morgan fingerprint density at radius 1 is 1.32 bits per heavy atom. The van der Waals surface area contributed by atoms with Crippen molar-refractivity contribution in [1.29, 1.82) is 0 Å². The lowest BCUT2D eigenvalue weighted by atomic mass is 10.2. The van der Waals surface area contributed by atoms with Crippen LogP contribution in [-0.2, 0) is 0 Å². The van der Waals surface area contributed by atoms with Crippen molar-refractivity contribution in [2.24, 2.45) is 5.84 Å². The fourth-order valence-corrected chi connectivity index (χ4v) is 1.78. The first-order chi connectivity index (χ1) is 9.15. The Labute approximate surface area is 115 Å². The largest absolute Gasteiger partial charge is 0.489 e. The van der Waals surface area contributed by atoms with Crippen LogP contribution in [0.15, 0.2) is 24.5 Å². The van der Waals surface area contributed by atoms with E-state index in [9.17, 15) is 0 Å². The Bertz CT molecular complexity index is 592. The minimum Gasteiger partial charge on any atom is -0.489 e. The molecule has 2 rings (SSSR count). The normalized spacial score (nSPS) is 10.1. The predicted molar refractivity (Wildman–Crippen MR) is 72.7 cm³/mol. The topological polar surface area (TPSA) is 82.3 Å². The highest BCUT2D eigenvalue weighted by Gasteiger charge is 2.14. The number of nitrogens with two attached hydrogens (primary N) is 1. The number of anilines is 1. The van der Waals surface area contributed by atoms with Gasteiger partial charge in [0.2, 0.25) is 5.75 Å². The van der Waals surface area contributed by atoms with E-state index < -0.39 is 0 Å². The van der Waals surface area contributed by atoms with Gasteiger partial charge in [0, 0.05) is 0 Å². The van der Waals surface area contributed by atoms with Crippen molar-refractivity contribution in [2.75, 3.05) is 12.5 Å². The van der Waals surface area contributed by atoms with Gasteiger partial charge in [-0.15, -0.1) is 0 Å². The third-order valence-electron chi connectivity index (χ3n) is 2.41. The molecule has 1 aromatic heterocycles. The summed E-state index contributed by atoms with van der Waals surface area (Å²) in [6.45, 7) is 1.94. The lowest BCUT2D eigenvalue weighted by Gasteiger charge is -2.12. The lowest BCUT2D eigenvalue weighted by molar-refractivity contribution is 0.369. The molecule has 0 spiro atoms. The minimum absolute atomic E-state index is 0.233. The van der Waals surface area contributed by atoms with Crippen molar-refractivity contribution in [1.82, 2.24) is 9.97 Å². The third-order valence-corrected chi connectivity index (χ3v) is 2.70. The highest BCUT2D eigenvalue weighted by molar-refractivity contribution is 6.32. The second kappa shape index (κ2) is 5.73. The van der Waals surface area contributed by atoms with Gasteiger partial charge in [-0.2, -0.15) is 4.98 Å². The zero-order chi connectivity index (χ0) is 13.8. The summed E-state index contributed by atoms with van der Waals surface area (Å²) >= 11 is 6.10. The van der Waals surface area contributed by atoms with Crippen molar-refractivity contribution in [3.8, 4) is 17.4 Å². The van der Waals surface area contributed by atoms with E-state index in [0.717, 1.165) is 5.56 Å². The van der Waals surface area contributed by atoms with Crippen LogP contribution in [0.2, 0.25) is 5.02 Å². The number of hydrazine groups is 1. The molecule has 0 radical (unpaired) electrons. The Hall–Kier alpha value is -2.05. The van der Waals surface area contributed by atoms with Gasteiger partial charge in [-0.3, -0.25) is 0 Å². The quantitative estimate of drug-likeness (QED) is 0.661. The number of rotatable bonds is 4. The molecule has 1 aromatic carbocycles. The molecule has 19 heavy (non-hydrogen) atoms. The van der Waals surface area contributed by atoms with Crippen LogP contribution >= 0.6 is 11.6 Å². The van der Waals surface area contributed by atoms with Crippen LogP contribution in [0.25, 0.3) is 0 Å². The van der Waals surface area contributed by atoms with Crippen LogP contribution in [-0.4, -0.2) is 17.1 Å². The molecule has 0 amide bonds. The van der Waals surface area contributed by atoms with E-state index in [1.54, 1.807) is 12.1 Å². The summed E-state index contributed by atoms with van der Waals surface area (Å²) in [6.07, 6.45) is 1.31. The van der Waals surface area contributed by atoms with Crippen LogP contribution in [0.1, 0.15) is 5.56 Å². The van der Waals surface area contributed by atoms with Crippen molar-refractivity contribution in [3.63, 3.8) is 0 Å². The van der Waals surface area contributed by atoms with Gasteiger partial charge in [-0.25, -0.2) is 10.8 Å². The molecular formula is C12H13ClN4O2. The van der Waals surface area contributed by atoms with E-state index in [0.29, 0.717) is 22.3 Å². The molecule has 0 aliphatic rings. The maximum absolute atomic E-state index is 6.10. The molecule has 0 aliphatic heterocycles. The van der Waals surface area contributed by atoms with E-state index in [4.69, 9.17) is 26.9 Å². The number of nitrogens with zero attached hydrogens (tertiary/aromatic N) is 2. The van der Waals surface area contributed by atoms with E-state index >= 15 is 0 Å². The number of halogens is 1. The molecule has 2 aromatic rings. The molecule has 0 saturated carbocycles. The van der Waals surface area contributed by atoms with E-state index in [2.05, 4.69) is 15.4 Å². The van der Waals surface area contributed by atoms with Gasteiger partial charge < -0.3 is 14.9 Å². The number of aromatic nitrogens is 2. The standard InChI is InChI=1S/C12H13ClN4O2/c1-7-3-4-9(8(13)5-7)19-12-10(18-2)11(17-14)15-6-16-12/h3-6H,14H2,1-2H3,(H,15,16,17). The zero-order valence-corrected chi connectivity index (χ0v) is 11.2. The summed E-state index contributed by atoms with van der Waals surface area (Å²) in [5.41, 5.74) is 3.45. The SMILES string of the molecule is COc1c(NN)ncnc1Oc1ccc(C)cc1Cl. The zero-order valence-electron chi connectivity index (χ0n) is 10.5. The molecule has 3 N–H and O–H groups in total. The number of hydrogen-bond donors (Lipinski definition) is 2. The van der Waals surface area contributed by atoms with Crippen molar-refractivity contribution < 1.29 is 9.47 Å². The molecule has 0 bridgehead atoms. The molecule has 7 heteroatoms. The van der Waals surface area contributed by atoms with Gasteiger partial charge in [0.1, 0.15) is 12.1 Å². The first kappa shape index (κ1) is 13.4. The fourth-order valence-electron chi connectivity index (χ4n) is 1.51. The molecule has 0 saturated heterocycles. The predicted octanol–water partition coefficient (Wildman–Crippen LogP) is 2.52. The number of aryl methyl sites for hydroxylation is 1. The van der Waals surface area contributed by atoms with E-state index in [1.807, 2.05) is 13.0 Å². The van der Waals surface area contributed by atoms with Crippen LogP contribution in [0.5, 0.6) is 17.4 Å². The average Bonchev–Trinajstić information content (AvgIpc) is 2.41. The fraction of sp³-hybridized carbons (Fsp3) is 0.167. The van der Waals surface area contributed by atoms with Crippen LogP contribution < -0.4 is 20.7 Å². The summed E-state index contributed by atoms with van der Waals surface area (Å²) in [7, 11) is 1.48. The van der Waals surface area contributed by atoms with E-state index in [1.165, 1.54) is 13.4 Å². The second-order valence-corrected chi connectivity index (χ2v) is 4.15. The molecule has 1 heterocycles. The maximum atomic E-state index is 6.10. The number of nitrogens with one attached hydrogen (secondary N) is 1. The highest BCUT2D eigenvalue weighted by atomic mass is 35.5. The summed E-state index contributed by atoms with van der Waals surface area (Å²) in [4.78, 5) is 7.93. The van der Waals surface area contributed by atoms with E-state index in [-0.39, 0.29) is 5.88 Å². The van der Waals surface area contributed by atoms with Gasteiger partial charge in [-0.1, -0.05) is 17.7 Å². The van der Waals surface area contributed by atoms with Gasteiger partial charge >= 0.3 is 0 Å². The molecule has 6 nitrogen and oxygen atoms in total. The summed E-state index contributed by atoms with van der Waals surface area (Å²) in [5.74, 6) is 6.68. The van der Waals surface area contributed by atoms with Gasteiger partial charge in [0.05, 0.1) is 12.1 Å². The highest BCUT2D eigenvalue weighted by Crippen LogP contribution is 2.36. The van der Waals surface area contributed by atoms with Crippen LogP contribution in [0.4, 0.5) is 5.82 Å². The second-order valence-electron chi connectivity index (χ2n) is 3.74. The number of hydrogen-bond acceptors (Lipinski definition) is 6. The minimum atomic E-state index is 0.233. The van der Waals surface area contributed by atoms with Crippen LogP contribution in [0.3, 0.4) is 0 Å². The summed E-state index contributed by atoms with van der Waals surface area (Å²) in [5, 5.41) is 0.489. The Balaban J connectivity index is 2.37. The van der Waals surface area contributed by atoms with Crippen molar-refractivity contribution >= 4 is 17.4 Å². The molecule has 0 unspecified atom stereocenters. The Morgan fingerprint density at radius 3 is 2.74 bits per heavy atom. The average molecular weight is 281 g/mol.